The molecule has 0 aromatic rings. The maximum absolute atomic E-state index is 11.8. The van der Waals surface area contributed by atoms with Crippen LogP contribution in [0.3, 0.4) is 0 Å². The molecule has 0 bridgehead atoms. The van der Waals surface area contributed by atoms with Crippen LogP contribution < -0.4 is 11.1 Å². The lowest BCUT2D eigenvalue weighted by Crippen LogP contribution is -2.49. The number of nitrogens with zero attached hydrogens (tertiary/aromatic N) is 1. The first-order valence-electron chi connectivity index (χ1n) is 7.75. The highest BCUT2D eigenvalue weighted by Crippen LogP contribution is 2.09. The SMILES string of the molecule is CCN(CC)C(=O)CCCC(=O)NCC(N)(CC)CC. The Morgan fingerprint density at radius 1 is 1.05 bits per heavy atom. The molecule has 0 rings (SSSR count). The summed E-state index contributed by atoms with van der Waals surface area (Å²) in [5.74, 6) is 0.104. The summed E-state index contributed by atoms with van der Waals surface area (Å²) in [6.07, 6.45) is 3.09. The number of nitrogens with two attached hydrogens (primary N) is 1. The Hall–Kier alpha value is -1.10. The minimum absolute atomic E-state index is 0.0194. The van der Waals surface area contributed by atoms with Crippen molar-refractivity contribution in [3.8, 4) is 0 Å². The Kier molecular flexibility index (Phi) is 9.21. The van der Waals surface area contributed by atoms with E-state index in [9.17, 15) is 9.59 Å². The van der Waals surface area contributed by atoms with Crippen LogP contribution >= 0.6 is 0 Å². The van der Waals surface area contributed by atoms with Gasteiger partial charge < -0.3 is 16.0 Å². The van der Waals surface area contributed by atoms with Gasteiger partial charge in [0.2, 0.25) is 11.8 Å². The Balaban J connectivity index is 3.92. The normalized spacial score (nSPS) is 11.2. The minimum atomic E-state index is -0.313. The van der Waals surface area contributed by atoms with E-state index in [1.54, 1.807) is 4.90 Å². The van der Waals surface area contributed by atoms with Crippen LogP contribution in [0.5, 0.6) is 0 Å². The molecule has 0 radical (unpaired) electrons. The number of carbonyl (C=O) groups is 2. The number of amides is 2. The van der Waals surface area contributed by atoms with Crippen molar-refractivity contribution in [1.29, 1.82) is 0 Å². The second kappa shape index (κ2) is 9.75. The van der Waals surface area contributed by atoms with Gasteiger partial charge in [0.25, 0.3) is 0 Å². The molecule has 0 aromatic heterocycles. The largest absolute Gasteiger partial charge is 0.354 e. The van der Waals surface area contributed by atoms with E-state index < -0.39 is 0 Å². The first-order valence-corrected chi connectivity index (χ1v) is 7.75. The Labute approximate surface area is 123 Å². The van der Waals surface area contributed by atoms with Crippen molar-refractivity contribution in [1.82, 2.24) is 10.2 Å². The van der Waals surface area contributed by atoms with Crippen LogP contribution in [0.15, 0.2) is 0 Å². The molecule has 118 valence electrons. The molecule has 0 aliphatic carbocycles. The average Bonchev–Trinajstić information content (AvgIpc) is 2.46. The highest BCUT2D eigenvalue weighted by molar-refractivity contribution is 5.78. The van der Waals surface area contributed by atoms with E-state index in [1.807, 2.05) is 27.7 Å². The molecule has 5 nitrogen and oxygen atoms in total. The summed E-state index contributed by atoms with van der Waals surface area (Å²) in [4.78, 5) is 25.3. The fraction of sp³-hybridized carbons (Fsp3) is 0.867. The number of nitrogens with one attached hydrogen (secondary N) is 1. The summed E-state index contributed by atoms with van der Waals surface area (Å²) >= 11 is 0. The molecule has 0 aliphatic rings. The third kappa shape index (κ3) is 6.89. The number of hydrogen-bond acceptors (Lipinski definition) is 3. The summed E-state index contributed by atoms with van der Waals surface area (Å²) in [7, 11) is 0. The molecule has 0 heterocycles. The van der Waals surface area contributed by atoms with Gasteiger partial charge in [-0.1, -0.05) is 13.8 Å². The molecular weight excluding hydrogens is 254 g/mol. The van der Waals surface area contributed by atoms with E-state index in [0.717, 1.165) is 25.9 Å². The van der Waals surface area contributed by atoms with Crippen molar-refractivity contribution in [3.63, 3.8) is 0 Å². The summed E-state index contributed by atoms with van der Waals surface area (Å²) in [6, 6.07) is 0. The zero-order chi connectivity index (χ0) is 15.6. The molecule has 0 unspecified atom stereocenters. The molecular formula is C15H31N3O2. The van der Waals surface area contributed by atoms with Gasteiger partial charge in [-0.2, -0.15) is 0 Å². The van der Waals surface area contributed by atoms with Crippen molar-refractivity contribution in [3.05, 3.63) is 0 Å². The van der Waals surface area contributed by atoms with E-state index >= 15 is 0 Å². The van der Waals surface area contributed by atoms with E-state index in [-0.39, 0.29) is 17.4 Å². The average molecular weight is 285 g/mol. The lowest BCUT2D eigenvalue weighted by molar-refractivity contribution is -0.131. The molecule has 2 amide bonds. The van der Waals surface area contributed by atoms with Crippen LogP contribution in [-0.2, 0) is 9.59 Å². The van der Waals surface area contributed by atoms with Crippen molar-refractivity contribution >= 4 is 11.8 Å². The van der Waals surface area contributed by atoms with E-state index in [0.29, 0.717) is 25.8 Å². The van der Waals surface area contributed by atoms with Crippen LogP contribution in [0, 0.1) is 0 Å². The third-order valence-electron chi connectivity index (χ3n) is 3.96. The molecule has 0 aromatic carbocycles. The lowest BCUT2D eigenvalue weighted by atomic mass is 9.94. The molecule has 0 spiro atoms. The first-order chi connectivity index (χ1) is 9.42. The fourth-order valence-electron chi connectivity index (χ4n) is 2.00. The van der Waals surface area contributed by atoms with E-state index in [1.165, 1.54) is 0 Å². The van der Waals surface area contributed by atoms with Gasteiger partial charge in [-0.15, -0.1) is 0 Å². The number of rotatable bonds is 10. The second-order valence-corrected chi connectivity index (χ2v) is 5.27. The van der Waals surface area contributed by atoms with E-state index in [2.05, 4.69) is 5.32 Å². The zero-order valence-corrected chi connectivity index (χ0v) is 13.5. The molecule has 0 saturated heterocycles. The third-order valence-corrected chi connectivity index (χ3v) is 3.96. The summed E-state index contributed by atoms with van der Waals surface area (Å²) in [5.41, 5.74) is 5.81. The molecule has 5 heteroatoms. The van der Waals surface area contributed by atoms with Crippen LogP contribution in [0.25, 0.3) is 0 Å². The molecule has 20 heavy (non-hydrogen) atoms. The molecule has 0 atom stereocenters. The molecule has 0 aliphatic heterocycles. The van der Waals surface area contributed by atoms with Gasteiger partial charge in [0.05, 0.1) is 0 Å². The Morgan fingerprint density at radius 2 is 1.60 bits per heavy atom. The van der Waals surface area contributed by atoms with Gasteiger partial charge in [0.15, 0.2) is 0 Å². The van der Waals surface area contributed by atoms with Crippen molar-refractivity contribution in [2.45, 2.75) is 65.3 Å². The maximum Gasteiger partial charge on any atom is 0.222 e. The highest BCUT2D eigenvalue weighted by atomic mass is 16.2. The molecule has 0 saturated carbocycles. The number of hydrogen-bond donors (Lipinski definition) is 2. The molecule has 3 N–H and O–H groups in total. The monoisotopic (exact) mass is 285 g/mol. The summed E-state index contributed by atoms with van der Waals surface area (Å²) in [5, 5.41) is 2.87. The Bertz CT molecular complexity index is 297. The van der Waals surface area contributed by atoms with Gasteiger partial charge in [-0.25, -0.2) is 0 Å². The van der Waals surface area contributed by atoms with Gasteiger partial charge in [0, 0.05) is 38.0 Å². The smallest absolute Gasteiger partial charge is 0.222 e. The van der Waals surface area contributed by atoms with Gasteiger partial charge in [-0.3, -0.25) is 9.59 Å². The predicted octanol–water partition coefficient (Wildman–Crippen LogP) is 1.66. The summed E-state index contributed by atoms with van der Waals surface area (Å²) in [6.45, 7) is 9.93. The quantitative estimate of drug-likeness (QED) is 0.641. The lowest BCUT2D eigenvalue weighted by Gasteiger charge is -2.26. The van der Waals surface area contributed by atoms with Crippen molar-refractivity contribution < 1.29 is 9.59 Å². The first kappa shape index (κ1) is 18.9. The standard InChI is InChI=1S/C15H31N3O2/c1-5-15(16,6-2)12-17-13(19)10-9-11-14(20)18(7-3)8-4/h5-12,16H2,1-4H3,(H,17,19). The van der Waals surface area contributed by atoms with Crippen LogP contribution in [-0.4, -0.2) is 41.9 Å². The second-order valence-electron chi connectivity index (χ2n) is 5.27. The zero-order valence-electron chi connectivity index (χ0n) is 13.5. The van der Waals surface area contributed by atoms with Gasteiger partial charge in [0.1, 0.15) is 0 Å². The Morgan fingerprint density at radius 3 is 2.05 bits per heavy atom. The number of carbonyl (C=O) groups excluding carboxylic acids is 2. The minimum Gasteiger partial charge on any atom is -0.354 e. The summed E-state index contributed by atoms with van der Waals surface area (Å²) < 4.78 is 0. The van der Waals surface area contributed by atoms with Crippen LogP contribution in [0.4, 0.5) is 0 Å². The van der Waals surface area contributed by atoms with Crippen LogP contribution in [0.1, 0.15) is 59.8 Å². The fourth-order valence-corrected chi connectivity index (χ4v) is 2.00. The van der Waals surface area contributed by atoms with Crippen molar-refractivity contribution in [2.24, 2.45) is 5.73 Å². The molecule has 0 fully saturated rings. The van der Waals surface area contributed by atoms with Crippen LogP contribution in [0.2, 0.25) is 0 Å². The van der Waals surface area contributed by atoms with E-state index in [4.69, 9.17) is 5.73 Å². The maximum atomic E-state index is 11.8. The highest BCUT2D eigenvalue weighted by Gasteiger charge is 2.20. The van der Waals surface area contributed by atoms with Crippen molar-refractivity contribution in [2.75, 3.05) is 19.6 Å². The van der Waals surface area contributed by atoms with Gasteiger partial charge in [-0.05, 0) is 33.1 Å². The predicted molar refractivity (Wildman–Crippen MR) is 82.3 cm³/mol. The topological polar surface area (TPSA) is 75.4 Å². The van der Waals surface area contributed by atoms with Gasteiger partial charge >= 0.3 is 0 Å².